The first-order valence-corrected chi connectivity index (χ1v) is 7.62. The Kier molecular flexibility index (Phi) is 6.69. The average Bonchev–Trinajstić information content (AvgIpc) is 2.50. The largest absolute Gasteiger partial charge is 0.483 e. The molecule has 0 saturated carbocycles. The number of para-hydroxylation sites is 1. The summed E-state index contributed by atoms with van der Waals surface area (Å²) in [7, 11) is 0. The van der Waals surface area contributed by atoms with Crippen molar-refractivity contribution in [2.75, 3.05) is 13.2 Å². The minimum absolute atomic E-state index is 0.0345. The van der Waals surface area contributed by atoms with Crippen molar-refractivity contribution in [3.8, 4) is 5.75 Å². The maximum atomic E-state index is 11.8. The fourth-order valence-electron chi connectivity index (χ4n) is 2.05. The lowest BCUT2D eigenvalue weighted by Gasteiger charge is -2.25. The van der Waals surface area contributed by atoms with Crippen LogP contribution >= 0.6 is 0 Å². The van der Waals surface area contributed by atoms with Crippen LogP contribution in [0.25, 0.3) is 0 Å². The maximum Gasteiger partial charge on any atom is 0.258 e. The Hall–Kier alpha value is -1.55. The summed E-state index contributed by atoms with van der Waals surface area (Å²) in [5.74, 6) is 0.868. The average molecular weight is 293 g/mol. The molecular formula is C17H27NO3. The molecule has 0 heterocycles. The minimum atomic E-state index is -0.828. The molecule has 0 aromatic heterocycles. The second-order valence-corrected chi connectivity index (χ2v) is 5.69. The molecule has 0 aliphatic rings. The molecule has 0 radical (unpaired) electrons. The highest BCUT2D eigenvalue weighted by molar-refractivity contribution is 5.77. The van der Waals surface area contributed by atoms with E-state index in [1.165, 1.54) is 0 Å². The molecule has 0 fully saturated rings. The van der Waals surface area contributed by atoms with Crippen molar-refractivity contribution in [1.82, 2.24) is 5.32 Å². The van der Waals surface area contributed by atoms with E-state index in [1.807, 2.05) is 38.1 Å². The number of hydrogen-bond acceptors (Lipinski definition) is 3. The molecule has 1 aromatic rings. The van der Waals surface area contributed by atoms with E-state index in [0.29, 0.717) is 18.8 Å². The lowest BCUT2D eigenvalue weighted by Crippen LogP contribution is -2.43. The molecule has 0 spiro atoms. The van der Waals surface area contributed by atoms with E-state index < -0.39 is 5.60 Å². The summed E-state index contributed by atoms with van der Waals surface area (Å²) in [4.78, 5) is 11.8. The fourth-order valence-corrected chi connectivity index (χ4v) is 2.05. The van der Waals surface area contributed by atoms with Crippen LogP contribution < -0.4 is 10.1 Å². The number of hydrogen-bond donors (Lipinski definition) is 2. The summed E-state index contributed by atoms with van der Waals surface area (Å²) >= 11 is 0. The lowest BCUT2D eigenvalue weighted by molar-refractivity contribution is -0.124. The number of benzene rings is 1. The highest BCUT2D eigenvalue weighted by atomic mass is 16.5. The standard InChI is InChI=1S/C17H27NO3/c1-5-17(20,6-2)12-18-16(19)11-21-15-10-8-7-9-14(15)13(3)4/h7-10,13,20H,5-6,11-12H2,1-4H3,(H,18,19). The molecule has 0 aliphatic heterocycles. The summed E-state index contributed by atoms with van der Waals surface area (Å²) in [6, 6.07) is 7.73. The Balaban J connectivity index is 2.51. The van der Waals surface area contributed by atoms with Gasteiger partial charge in [-0.05, 0) is 30.4 Å². The van der Waals surface area contributed by atoms with E-state index in [-0.39, 0.29) is 19.1 Å². The summed E-state index contributed by atoms with van der Waals surface area (Å²) in [5.41, 5.74) is 0.259. The number of amides is 1. The van der Waals surface area contributed by atoms with Gasteiger partial charge in [0.05, 0.1) is 5.60 Å². The highest BCUT2D eigenvalue weighted by Crippen LogP contribution is 2.25. The second kappa shape index (κ2) is 8.03. The molecule has 0 unspecified atom stereocenters. The van der Waals surface area contributed by atoms with Crippen LogP contribution in [0.1, 0.15) is 52.0 Å². The van der Waals surface area contributed by atoms with Gasteiger partial charge < -0.3 is 15.2 Å². The van der Waals surface area contributed by atoms with Gasteiger partial charge in [-0.2, -0.15) is 0 Å². The molecule has 1 amide bonds. The van der Waals surface area contributed by atoms with E-state index in [9.17, 15) is 9.90 Å². The van der Waals surface area contributed by atoms with Gasteiger partial charge in [-0.15, -0.1) is 0 Å². The molecule has 1 aromatic carbocycles. The molecule has 118 valence electrons. The van der Waals surface area contributed by atoms with E-state index in [1.54, 1.807) is 0 Å². The van der Waals surface area contributed by atoms with Crippen LogP contribution in [0.3, 0.4) is 0 Å². The van der Waals surface area contributed by atoms with Gasteiger partial charge in [-0.25, -0.2) is 0 Å². The van der Waals surface area contributed by atoms with Gasteiger partial charge in [0.2, 0.25) is 0 Å². The molecule has 21 heavy (non-hydrogen) atoms. The van der Waals surface area contributed by atoms with E-state index >= 15 is 0 Å². The topological polar surface area (TPSA) is 58.6 Å². The zero-order valence-electron chi connectivity index (χ0n) is 13.5. The zero-order valence-corrected chi connectivity index (χ0v) is 13.5. The first kappa shape index (κ1) is 17.5. The fraction of sp³-hybridized carbons (Fsp3) is 0.588. The minimum Gasteiger partial charge on any atom is -0.483 e. The predicted molar refractivity (Wildman–Crippen MR) is 84.6 cm³/mol. The number of nitrogens with one attached hydrogen (secondary N) is 1. The van der Waals surface area contributed by atoms with Crippen molar-refractivity contribution < 1.29 is 14.6 Å². The van der Waals surface area contributed by atoms with Crippen LogP contribution in [0.15, 0.2) is 24.3 Å². The Bertz CT molecular complexity index is 453. The Morgan fingerprint density at radius 2 is 1.90 bits per heavy atom. The van der Waals surface area contributed by atoms with Crippen LogP contribution in [0.5, 0.6) is 5.75 Å². The Labute approximate surface area is 127 Å². The third-order valence-corrected chi connectivity index (χ3v) is 3.83. The normalized spacial score (nSPS) is 11.5. The summed E-state index contributed by atoms with van der Waals surface area (Å²) in [5, 5.41) is 12.9. The molecule has 4 nitrogen and oxygen atoms in total. The van der Waals surface area contributed by atoms with Gasteiger partial charge in [0.15, 0.2) is 6.61 Å². The van der Waals surface area contributed by atoms with E-state index in [0.717, 1.165) is 11.3 Å². The molecule has 1 rings (SSSR count). The van der Waals surface area contributed by atoms with Gasteiger partial charge in [-0.3, -0.25) is 4.79 Å². The molecule has 0 atom stereocenters. The number of carbonyl (C=O) groups is 1. The summed E-state index contributed by atoms with van der Waals surface area (Å²) < 4.78 is 5.60. The molecule has 4 heteroatoms. The van der Waals surface area contributed by atoms with Gasteiger partial charge in [-0.1, -0.05) is 45.9 Å². The Morgan fingerprint density at radius 3 is 2.48 bits per heavy atom. The van der Waals surface area contributed by atoms with Crippen LogP contribution in [-0.2, 0) is 4.79 Å². The van der Waals surface area contributed by atoms with Crippen molar-refractivity contribution in [1.29, 1.82) is 0 Å². The predicted octanol–water partition coefficient (Wildman–Crippen LogP) is 2.86. The number of aliphatic hydroxyl groups is 1. The van der Waals surface area contributed by atoms with Gasteiger partial charge >= 0.3 is 0 Å². The molecule has 0 bridgehead atoms. The summed E-state index contributed by atoms with van der Waals surface area (Å²) in [6.45, 7) is 8.22. The van der Waals surface area contributed by atoms with Crippen LogP contribution in [-0.4, -0.2) is 29.8 Å². The van der Waals surface area contributed by atoms with Crippen molar-refractivity contribution in [2.45, 2.75) is 52.1 Å². The first-order chi connectivity index (χ1) is 9.91. The van der Waals surface area contributed by atoms with Gasteiger partial charge in [0, 0.05) is 6.54 Å². The molecular weight excluding hydrogens is 266 g/mol. The Morgan fingerprint density at radius 1 is 1.29 bits per heavy atom. The molecule has 2 N–H and O–H groups in total. The van der Waals surface area contributed by atoms with Crippen molar-refractivity contribution in [3.63, 3.8) is 0 Å². The van der Waals surface area contributed by atoms with Crippen molar-refractivity contribution in [3.05, 3.63) is 29.8 Å². The third kappa shape index (κ3) is 5.38. The molecule has 0 saturated heterocycles. The monoisotopic (exact) mass is 293 g/mol. The molecule has 0 aliphatic carbocycles. The second-order valence-electron chi connectivity index (χ2n) is 5.69. The SMILES string of the molecule is CCC(O)(CC)CNC(=O)COc1ccccc1C(C)C. The highest BCUT2D eigenvalue weighted by Gasteiger charge is 2.22. The summed E-state index contributed by atoms with van der Waals surface area (Å²) in [6.07, 6.45) is 1.22. The maximum absolute atomic E-state index is 11.8. The van der Waals surface area contributed by atoms with Crippen LogP contribution in [0, 0.1) is 0 Å². The van der Waals surface area contributed by atoms with E-state index in [4.69, 9.17) is 4.74 Å². The quantitative estimate of drug-likeness (QED) is 0.775. The van der Waals surface area contributed by atoms with E-state index in [2.05, 4.69) is 19.2 Å². The van der Waals surface area contributed by atoms with Crippen LogP contribution in [0.2, 0.25) is 0 Å². The number of rotatable bonds is 8. The zero-order chi connectivity index (χ0) is 15.9. The van der Waals surface area contributed by atoms with Gasteiger partial charge in [0.1, 0.15) is 5.75 Å². The van der Waals surface area contributed by atoms with Gasteiger partial charge in [0.25, 0.3) is 5.91 Å². The number of ether oxygens (including phenoxy) is 1. The first-order valence-electron chi connectivity index (χ1n) is 7.62. The van der Waals surface area contributed by atoms with Crippen LogP contribution in [0.4, 0.5) is 0 Å². The van der Waals surface area contributed by atoms with Crippen molar-refractivity contribution in [2.24, 2.45) is 0 Å². The lowest BCUT2D eigenvalue weighted by atomic mass is 9.98. The number of carbonyl (C=O) groups excluding carboxylic acids is 1. The van der Waals surface area contributed by atoms with Crippen molar-refractivity contribution >= 4 is 5.91 Å². The third-order valence-electron chi connectivity index (χ3n) is 3.83. The smallest absolute Gasteiger partial charge is 0.258 e.